The highest BCUT2D eigenvalue weighted by molar-refractivity contribution is 9.10. The molecule has 106 valence electrons. The molecule has 20 heavy (non-hydrogen) atoms. The fraction of sp³-hybridized carbons (Fsp3) is 0.0769. The van der Waals surface area contributed by atoms with Crippen LogP contribution in [0.4, 0.5) is 10.1 Å². The van der Waals surface area contributed by atoms with Crippen molar-refractivity contribution in [1.29, 1.82) is 0 Å². The van der Waals surface area contributed by atoms with Crippen molar-refractivity contribution in [3.63, 3.8) is 0 Å². The van der Waals surface area contributed by atoms with Crippen molar-refractivity contribution >= 4 is 43.2 Å². The van der Waals surface area contributed by atoms with Gasteiger partial charge in [-0.05, 0) is 48.9 Å². The number of hydrogen-bond donors (Lipinski definition) is 1. The first-order valence-electron chi connectivity index (χ1n) is 5.53. The first-order valence-corrected chi connectivity index (χ1v) is 8.19. The van der Waals surface area contributed by atoms with Gasteiger partial charge in [0.15, 0.2) is 0 Å². The summed E-state index contributed by atoms with van der Waals surface area (Å²) >= 11 is 9.11. The van der Waals surface area contributed by atoms with Gasteiger partial charge in [0.05, 0.1) is 15.6 Å². The number of hydrogen-bond acceptors (Lipinski definition) is 2. The van der Waals surface area contributed by atoms with Gasteiger partial charge in [-0.2, -0.15) is 0 Å². The molecule has 0 saturated carbocycles. The van der Waals surface area contributed by atoms with Crippen molar-refractivity contribution in [3.8, 4) is 0 Å². The minimum atomic E-state index is -3.77. The number of aryl methyl sites for hydroxylation is 1. The molecule has 0 bridgehead atoms. The van der Waals surface area contributed by atoms with Gasteiger partial charge in [-0.3, -0.25) is 4.72 Å². The van der Waals surface area contributed by atoms with Gasteiger partial charge in [-0.15, -0.1) is 0 Å². The average molecular weight is 379 g/mol. The van der Waals surface area contributed by atoms with Crippen molar-refractivity contribution in [1.82, 2.24) is 0 Å². The van der Waals surface area contributed by atoms with Crippen LogP contribution in [0.15, 0.2) is 45.8 Å². The van der Waals surface area contributed by atoms with Gasteiger partial charge >= 0.3 is 0 Å². The summed E-state index contributed by atoms with van der Waals surface area (Å²) in [5.74, 6) is -0.530. The zero-order valence-electron chi connectivity index (χ0n) is 10.3. The molecule has 0 aliphatic heterocycles. The van der Waals surface area contributed by atoms with Crippen LogP contribution in [-0.4, -0.2) is 8.42 Å². The van der Waals surface area contributed by atoms with E-state index < -0.39 is 15.8 Å². The molecule has 2 rings (SSSR count). The lowest BCUT2D eigenvalue weighted by Gasteiger charge is -2.10. The lowest BCUT2D eigenvalue weighted by atomic mass is 10.2. The Labute approximate surface area is 130 Å². The van der Waals surface area contributed by atoms with Crippen molar-refractivity contribution in [2.45, 2.75) is 11.8 Å². The summed E-state index contributed by atoms with van der Waals surface area (Å²) in [6, 6.07) is 8.11. The summed E-state index contributed by atoms with van der Waals surface area (Å²) in [5, 5.41) is 0.00223. The first kappa shape index (κ1) is 15.3. The molecule has 0 saturated heterocycles. The number of halogens is 3. The molecule has 3 nitrogen and oxygen atoms in total. The normalized spacial score (nSPS) is 11.4. The molecule has 0 amide bonds. The van der Waals surface area contributed by atoms with Crippen molar-refractivity contribution in [2.75, 3.05) is 4.72 Å². The number of sulfonamides is 1. The Morgan fingerprint density at radius 1 is 1.20 bits per heavy atom. The second-order valence-corrected chi connectivity index (χ2v) is 7.08. The van der Waals surface area contributed by atoms with Gasteiger partial charge in [0, 0.05) is 4.47 Å². The van der Waals surface area contributed by atoms with E-state index in [1.807, 2.05) is 0 Å². The minimum absolute atomic E-state index is 0.00223. The number of anilines is 1. The molecule has 2 aromatic rings. The molecule has 0 fully saturated rings. The van der Waals surface area contributed by atoms with E-state index in [4.69, 9.17) is 11.6 Å². The van der Waals surface area contributed by atoms with Crippen molar-refractivity contribution in [3.05, 3.63) is 57.3 Å². The topological polar surface area (TPSA) is 46.2 Å². The molecule has 0 heterocycles. The summed E-state index contributed by atoms with van der Waals surface area (Å²) in [6.45, 7) is 1.79. The Morgan fingerprint density at radius 3 is 2.50 bits per heavy atom. The molecular weight excluding hydrogens is 369 g/mol. The smallest absolute Gasteiger partial charge is 0.261 e. The zero-order chi connectivity index (χ0) is 14.9. The molecule has 2 aromatic carbocycles. The predicted molar refractivity (Wildman–Crippen MR) is 81.1 cm³/mol. The molecule has 7 heteroatoms. The third-order valence-electron chi connectivity index (χ3n) is 2.62. The maximum atomic E-state index is 12.9. The van der Waals surface area contributed by atoms with Gasteiger partial charge in [-0.1, -0.05) is 27.5 Å². The van der Waals surface area contributed by atoms with E-state index in [2.05, 4.69) is 20.7 Å². The molecule has 0 radical (unpaired) electrons. The highest BCUT2D eigenvalue weighted by Gasteiger charge is 2.16. The summed E-state index contributed by atoms with van der Waals surface area (Å²) in [6.07, 6.45) is 0. The van der Waals surface area contributed by atoms with E-state index >= 15 is 0 Å². The van der Waals surface area contributed by atoms with Crippen molar-refractivity contribution < 1.29 is 12.8 Å². The van der Waals surface area contributed by atoms with Gasteiger partial charge in [0.1, 0.15) is 5.82 Å². The van der Waals surface area contributed by atoms with Gasteiger partial charge in [-0.25, -0.2) is 12.8 Å². The van der Waals surface area contributed by atoms with Gasteiger partial charge in [0.25, 0.3) is 10.0 Å². The Kier molecular flexibility index (Phi) is 4.36. The third kappa shape index (κ3) is 3.31. The number of rotatable bonds is 3. The monoisotopic (exact) mass is 377 g/mol. The molecule has 0 spiro atoms. The molecule has 0 aliphatic rings. The highest BCUT2D eigenvalue weighted by Crippen LogP contribution is 2.26. The van der Waals surface area contributed by atoms with Gasteiger partial charge < -0.3 is 0 Å². The van der Waals surface area contributed by atoms with Crippen LogP contribution in [0.25, 0.3) is 0 Å². The first-order chi connectivity index (χ1) is 9.29. The van der Waals surface area contributed by atoms with Crippen LogP contribution in [0.3, 0.4) is 0 Å². The Bertz CT molecular complexity index is 765. The minimum Gasteiger partial charge on any atom is -0.278 e. The van der Waals surface area contributed by atoms with Crippen LogP contribution in [0.2, 0.25) is 5.02 Å². The fourth-order valence-electron chi connectivity index (χ4n) is 1.56. The Balaban J connectivity index is 2.38. The summed E-state index contributed by atoms with van der Waals surface area (Å²) in [7, 11) is -3.77. The van der Waals surface area contributed by atoms with Crippen molar-refractivity contribution in [2.24, 2.45) is 0 Å². The largest absolute Gasteiger partial charge is 0.278 e. The van der Waals surface area contributed by atoms with Crippen LogP contribution >= 0.6 is 27.5 Å². The lowest BCUT2D eigenvalue weighted by molar-refractivity contribution is 0.601. The fourth-order valence-corrected chi connectivity index (χ4v) is 3.24. The van der Waals surface area contributed by atoms with E-state index in [1.165, 1.54) is 18.2 Å². The molecule has 0 unspecified atom stereocenters. The molecule has 0 aliphatic carbocycles. The summed E-state index contributed by atoms with van der Waals surface area (Å²) in [5.41, 5.74) is 0.923. The van der Waals surface area contributed by atoms with Crippen LogP contribution in [0, 0.1) is 12.7 Å². The van der Waals surface area contributed by atoms with E-state index in [0.29, 0.717) is 0 Å². The number of benzene rings is 2. The van der Waals surface area contributed by atoms with Crippen LogP contribution < -0.4 is 4.72 Å². The highest BCUT2D eigenvalue weighted by atomic mass is 79.9. The lowest BCUT2D eigenvalue weighted by Crippen LogP contribution is -2.13. The zero-order valence-corrected chi connectivity index (χ0v) is 13.5. The molecule has 0 aromatic heterocycles. The summed E-state index contributed by atoms with van der Waals surface area (Å²) in [4.78, 5) is 0.110. The second kappa shape index (κ2) is 5.71. The van der Waals surface area contributed by atoms with Crippen LogP contribution in [0.1, 0.15) is 5.56 Å². The van der Waals surface area contributed by atoms with E-state index in [1.54, 1.807) is 13.0 Å². The molecule has 1 N–H and O–H groups in total. The molecular formula is C13H10BrClFNO2S. The Morgan fingerprint density at radius 2 is 1.90 bits per heavy atom. The van der Waals surface area contributed by atoms with E-state index in [-0.39, 0.29) is 15.6 Å². The van der Waals surface area contributed by atoms with Crippen LogP contribution in [0.5, 0.6) is 0 Å². The van der Waals surface area contributed by atoms with Gasteiger partial charge in [0.2, 0.25) is 0 Å². The Hall–Kier alpha value is -1.11. The van der Waals surface area contributed by atoms with E-state index in [9.17, 15) is 12.8 Å². The standard InChI is InChI=1S/C13H10BrClFNO2S/c1-8-6-10(3-4-11(8)14)20(18,19)17-13-5-2-9(16)7-12(13)15/h2-7,17H,1H3. The maximum Gasteiger partial charge on any atom is 0.261 e. The third-order valence-corrected chi connectivity index (χ3v) is 5.18. The SMILES string of the molecule is Cc1cc(S(=O)(=O)Nc2ccc(F)cc2Cl)ccc1Br. The second-order valence-electron chi connectivity index (χ2n) is 4.14. The predicted octanol–water partition coefficient (Wildman–Crippen LogP) is 4.35. The maximum absolute atomic E-state index is 12.9. The molecule has 0 atom stereocenters. The quantitative estimate of drug-likeness (QED) is 0.863. The number of nitrogens with one attached hydrogen (secondary N) is 1. The summed E-state index contributed by atoms with van der Waals surface area (Å²) < 4.78 is 40.5. The van der Waals surface area contributed by atoms with E-state index in [0.717, 1.165) is 22.2 Å². The average Bonchev–Trinajstić information content (AvgIpc) is 2.36. The van der Waals surface area contributed by atoms with Crippen LogP contribution in [-0.2, 0) is 10.0 Å².